The van der Waals surface area contributed by atoms with Gasteiger partial charge in [-0.2, -0.15) is 0 Å². The second kappa shape index (κ2) is 5.14. The molecule has 1 amide bonds. The van der Waals surface area contributed by atoms with Crippen LogP contribution in [0.2, 0.25) is 0 Å². The Morgan fingerprint density at radius 1 is 0.909 bits per heavy atom. The summed E-state index contributed by atoms with van der Waals surface area (Å²) in [5.74, 6) is -0.130. The normalized spacial score (nSPS) is 20.6. The molecule has 0 aliphatic carbocycles. The maximum Gasteiger partial charge on any atom is 0.261 e. The molecule has 4 heteroatoms. The van der Waals surface area contributed by atoms with Crippen molar-refractivity contribution < 1.29 is 9.90 Å². The molecule has 4 nitrogen and oxygen atoms in total. The molecule has 4 rings (SSSR count). The molecular weight excluding hydrogens is 276 g/mol. The van der Waals surface area contributed by atoms with Gasteiger partial charge in [0.2, 0.25) is 0 Å². The van der Waals surface area contributed by atoms with Crippen molar-refractivity contribution in [3.05, 3.63) is 59.7 Å². The van der Waals surface area contributed by atoms with Gasteiger partial charge in [0, 0.05) is 24.2 Å². The molecule has 0 radical (unpaired) electrons. The fraction of sp³-hybridized carbons (Fsp3) is 0.278. The number of fused-ring (bicyclic) bond motifs is 1. The van der Waals surface area contributed by atoms with Crippen LogP contribution >= 0.6 is 0 Å². The van der Waals surface area contributed by atoms with Gasteiger partial charge in [0.1, 0.15) is 0 Å². The molecule has 1 atom stereocenters. The Kier molecular flexibility index (Phi) is 3.12. The van der Waals surface area contributed by atoms with Gasteiger partial charge in [0.15, 0.2) is 6.23 Å². The maximum absolute atomic E-state index is 12.7. The summed E-state index contributed by atoms with van der Waals surface area (Å²) in [6, 6.07) is 15.1. The number of aliphatic hydroxyl groups excluding tert-OH is 1. The highest BCUT2D eigenvalue weighted by Gasteiger charge is 2.37. The van der Waals surface area contributed by atoms with Gasteiger partial charge in [-0.05, 0) is 31.0 Å². The number of anilines is 2. The van der Waals surface area contributed by atoms with Crippen molar-refractivity contribution in [1.82, 2.24) is 0 Å². The number of para-hydroxylation sites is 2. The van der Waals surface area contributed by atoms with Crippen LogP contribution in [0.25, 0.3) is 0 Å². The third-order valence-electron chi connectivity index (χ3n) is 4.52. The number of hydrogen-bond donors (Lipinski definition) is 1. The van der Waals surface area contributed by atoms with Crippen molar-refractivity contribution in [2.24, 2.45) is 0 Å². The standard InChI is InChI=1S/C18H18N2O2/c21-17-13-7-1-2-8-14(13)18(22)20(17)16-10-4-3-9-15(16)19-11-5-6-12-19/h1-4,7-10,17,21H,5-6,11-12H2. The largest absolute Gasteiger partial charge is 0.370 e. The van der Waals surface area contributed by atoms with Crippen molar-refractivity contribution in [2.75, 3.05) is 22.9 Å². The number of benzene rings is 2. The van der Waals surface area contributed by atoms with E-state index in [0.29, 0.717) is 11.1 Å². The maximum atomic E-state index is 12.7. The molecule has 22 heavy (non-hydrogen) atoms. The summed E-state index contributed by atoms with van der Waals surface area (Å²) in [7, 11) is 0. The molecule has 1 N–H and O–H groups in total. The number of hydrogen-bond acceptors (Lipinski definition) is 3. The van der Waals surface area contributed by atoms with Crippen LogP contribution in [0.15, 0.2) is 48.5 Å². The van der Waals surface area contributed by atoms with E-state index in [1.54, 1.807) is 6.07 Å². The van der Waals surface area contributed by atoms with Gasteiger partial charge in [-0.1, -0.05) is 30.3 Å². The average molecular weight is 294 g/mol. The van der Waals surface area contributed by atoms with Gasteiger partial charge in [0.25, 0.3) is 5.91 Å². The number of amides is 1. The minimum Gasteiger partial charge on any atom is -0.370 e. The van der Waals surface area contributed by atoms with Crippen LogP contribution in [-0.4, -0.2) is 24.1 Å². The molecule has 2 aromatic carbocycles. The van der Waals surface area contributed by atoms with Gasteiger partial charge < -0.3 is 10.0 Å². The lowest BCUT2D eigenvalue weighted by atomic mass is 10.1. The Bertz CT molecular complexity index is 723. The SMILES string of the molecule is O=C1c2ccccc2C(O)N1c1ccccc1N1CCCC1. The van der Waals surface area contributed by atoms with E-state index in [9.17, 15) is 9.90 Å². The van der Waals surface area contributed by atoms with Crippen LogP contribution in [0.4, 0.5) is 11.4 Å². The highest BCUT2D eigenvalue weighted by molar-refractivity contribution is 6.12. The first-order valence-electron chi connectivity index (χ1n) is 7.72. The zero-order valence-electron chi connectivity index (χ0n) is 12.3. The zero-order chi connectivity index (χ0) is 15.1. The average Bonchev–Trinajstić information content (AvgIpc) is 3.16. The van der Waals surface area contributed by atoms with Crippen molar-refractivity contribution >= 4 is 17.3 Å². The molecule has 0 aromatic heterocycles. The molecule has 2 aromatic rings. The highest BCUT2D eigenvalue weighted by atomic mass is 16.3. The minimum atomic E-state index is -0.910. The Balaban J connectivity index is 1.79. The fourth-order valence-electron chi connectivity index (χ4n) is 3.43. The minimum absolute atomic E-state index is 0.130. The lowest BCUT2D eigenvalue weighted by Crippen LogP contribution is -2.30. The summed E-state index contributed by atoms with van der Waals surface area (Å²) in [4.78, 5) is 16.5. The van der Waals surface area contributed by atoms with Crippen molar-refractivity contribution in [3.8, 4) is 0 Å². The topological polar surface area (TPSA) is 43.8 Å². The zero-order valence-corrected chi connectivity index (χ0v) is 12.3. The summed E-state index contributed by atoms with van der Waals surface area (Å²) in [5.41, 5.74) is 3.09. The van der Waals surface area contributed by atoms with Gasteiger partial charge >= 0.3 is 0 Å². The predicted molar refractivity (Wildman–Crippen MR) is 86.1 cm³/mol. The molecule has 2 aliphatic heterocycles. The summed E-state index contributed by atoms with van der Waals surface area (Å²) < 4.78 is 0. The second-order valence-corrected chi connectivity index (χ2v) is 5.82. The van der Waals surface area contributed by atoms with Gasteiger partial charge in [-0.3, -0.25) is 9.69 Å². The molecule has 112 valence electrons. The van der Waals surface area contributed by atoms with Crippen molar-refractivity contribution in [3.63, 3.8) is 0 Å². The third kappa shape index (κ3) is 1.91. The number of rotatable bonds is 2. The Labute approximate surface area is 129 Å². The van der Waals surface area contributed by atoms with Crippen LogP contribution < -0.4 is 9.80 Å². The Morgan fingerprint density at radius 2 is 1.55 bits per heavy atom. The molecule has 2 heterocycles. The Morgan fingerprint density at radius 3 is 2.27 bits per heavy atom. The Hall–Kier alpha value is -2.33. The van der Waals surface area contributed by atoms with E-state index < -0.39 is 6.23 Å². The highest BCUT2D eigenvalue weighted by Crippen LogP contribution is 2.40. The molecule has 1 unspecified atom stereocenters. The van der Waals surface area contributed by atoms with E-state index >= 15 is 0 Å². The van der Waals surface area contributed by atoms with Gasteiger partial charge in [-0.25, -0.2) is 0 Å². The van der Waals surface area contributed by atoms with Crippen molar-refractivity contribution in [1.29, 1.82) is 0 Å². The van der Waals surface area contributed by atoms with Gasteiger partial charge in [0.05, 0.1) is 11.4 Å². The molecule has 0 saturated carbocycles. The van der Waals surface area contributed by atoms with E-state index in [-0.39, 0.29) is 5.91 Å². The number of carbonyl (C=O) groups is 1. The fourth-order valence-corrected chi connectivity index (χ4v) is 3.43. The number of aliphatic hydroxyl groups is 1. The van der Waals surface area contributed by atoms with E-state index in [1.165, 1.54) is 17.7 Å². The lowest BCUT2D eigenvalue weighted by Gasteiger charge is -2.28. The monoisotopic (exact) mass is 294 g/mol. The van der Waals surface area contributed by atoms with Crippen molar-refractivity contribution in [2.45, 2.75) is 19.1 Å². The van der Waals surface area contributed by atoms with Crippen LogP contribution in [0.1, 0.15) is 35.0 Å². The van der Waals surface area contributed by atoms with E-state index in [0.717, 1.165) is 24.5 Å². The second-order valence-electron chi connectivity index (χ2n) is 5.82. The first-order chi connectivity index (χ1) is 10.8. The molecule has 0 bridgehead atoms. The molecule has 0 spiro atoms. The first-order valence-corrected chi connectivity index (χ1v) is 7.72. The molecule has 2 aliphatic rings. The number of nitrogens with zero attached hydrogens (tertiary/aromatic N) is 2. The van der Waals surface area contributed by atoms with Crippen LogP contribution in [-0.2, 0) is 0 Å². The summed E-state index contributed by atoms with van der Waals surface area (Å²) in [5, 5.41) is 10.6. The van der Waals surface area contributed by atoms with E-state index in [4.69, 9.17) is 0 Å². The van der Waals surface area contributed by atoms with E-state index in [2.05, 4.69) is 4.90 Å². The quantitative estimate of drug-likeness (QED) is 0.926. The van der Waals surface area contributed by atoms with Gasteiger partial charge in [-0.15, -0.1) is 0 Å². The third-order valence-corrected chi connectivity index (χ3v) is 4.52. The predicted octanol–water partition coefficient (Wildman–Crippen LogP) is 2.94. The summed E-state index contributed by atoms with van der Waals surface area (Å²) in [6.07, 6.45) is 1.43. The first kappa shape index (κ1) is 13.3. The lowest BCUT2D eigenvalue weighted by molar-refractivity contribution is 0.0935. The summed E-state index contributed by atoms with van der Waals surface area (Å²) in [6.45, 7) is 2.00. The van der Waals surface area contributed by atoms with Crippen LogP contribution in [0, 0.1) is 0 Å². The van der Waals surface area contributed by atoms with Crippen LogP contribution in [0.3, 0.4) is 0 Å². The molecule has 1 fully saturated rings. The van der Waals surface area contributed by atoms with Crippen LogP contribution in [0.5, 0.6) is 0 Å². The molecule has 1 saturated heterocycles. The summed E-state index contributed by atoms with van der Waals surface area (Å²) >= 11 is 0. The smallest absolute Gasteiger partial charge is 0.261 e. The molecular formula is C18H18N2O2. The van der Waals surface area contributed by atoms with E-state index in [1.807, 2.05) is 42.5 Å². The number of carbonyl (C=O) groups excluding carboxylic acids is 1.